The van der Waals surface area contributed by atoms with Crippen LogP contribution >= 0.6 is 0 Å². The largest absolute Gasteiger partial charge is 0.341 e. The third-order valence-corrected chi connectivity index (χ3v) is 6.91. The van der Waals surface area contributed by atoms with E-state index in [0.29, 0.717) is 37.1 Å². The highest BCUT2D eigenvalue weighted by molar-refractivity contribution is 5.84. The fourth-order valence-electron chi connectivity index (χ4n) is 5.13. The Balaban J connectivity index is 1.28. The van der Waals surface area contributed by atoms with E-state index < -0.39 is 0 Å². The number of likely N-dealkylation sites (tertiary alicyclic amines) is 1. The van der Waals surface area contributed by atoms with Crippen molar-refractivity contribution in [2.24, 2.45) is 5.41 Å². The molecule has 3 aromatic rings. The molecule has 4 heterocycles. The number of benzene rings is 1. The summed E-state index contributed by atoms with van der Waals surface area (Å²) in [7, 11) is 0. The van der Waals surface area contributed by atoms with Gasteiger partial charge in [0.15, 0.2) is 5.82 Å². The molecule has 0 bridgehead atoms. The maximum atomic E-state index is 13.7. The van der Waals surface area contributed by atoms with Gasteiger partial charge in [0, 0.05) is 49.8 Å². The summed E-state index contributed by atoms with van der Waals surface area (Å²) in [5, 5.41) is 9.23. The molecule has 2 saturated heterocycles. The van der Waals surface area contributed by atoms with Crippen molar-refractivity contribution in [1.82, 2.24) is 24.8 Å². The maximum absolute atomic E-state index is 13.7. The van der Waals surface area contributed by atoms with Gasteiger partial charge in [0.1, 0.15) is 11.8 Å². The van der Waals surface area contributed by atoms with Crippen LogP contribution in [0, 0.1) is 23.7 Å². The van der Waals surface area contributed by atoms with Crippen molar-refractivity contribution in [2.75, 3.05) is 24.5 Å². The van der Waals surface area contributed by atoms with E-state index in [1.54, 1.807) is 24.5 Å². The van der Waals surface area contributed by atoms with Crippen LogP contribution in [-0.2, 0) is 11.3 Å². The number of nitriles is 1. The van der Waals surface area contributed by atoms with Crippen LogP contribution in [0.2, 0.25) is 0 Å². The molecule has 0 N–H and O–H groups in total. The zero-order valence-corrected chi connectivity index (χ0v) is 19.3. The molecule has 8 nitrogen and oxygen atoms in total. The monoisotopic (exact) mass is 453 g/mol. The van der Waals surface area contributed by atoms with Crippen LogP contribution in [0.1, 0.15) is 42.6 Å². The molecule has 0 unspecified atom stereocenters. The topological polar surface area (TPSA) is 98.9 Å². The molecule has 1 spiro atoms. The molecule has 0 atom stereocenters. The zero-order chi connectivity index (χ0) is 23.5. The Labute approximate surface area is 199 Å². The van der Waals surface area contributed by atoms with Crippen LogP contribution in [-0.4, -0.2) is 50.4 Å². The number of carbonyl (C=O) groups excluding carboxylic acids is 1. The zero-order valence-electron chi connectivity index (χ0n) is 19.3. The Morgan fingerprint density at radius 2 is 1.82 bits per heavy atom. The fraction of sp³-hybridized carbons (Fsp3) is 0.385. The summed E-state index contributed by atoms with van der Waals surface area (Å²) >= 11 is 0. The Kier molecular flexibility index (Phi) is 5.93. The molecule has 2 aliphatic heterocycles. The molecule has 0 aliphatic carbocycles. The number of piperidine rings is 2. The highest BCUT2D eigenvalue weighted by Gasteiger charge is 2.45. The molecule has 1 aromatic carbocycles. The van der Waals surface area contributed by atoms with Gasteiger partial charge in [-0.2, -0.15) is 5.26 Å². The maximum Gasteiger partial charge on any atom is 0.229 e. The van der Waals surface area contributed by atoms with Gasteiger partial charge in [-0.3, -0.25) is 4.79 Å². The van der Waals surface area contributed by atoms with Gasteiger partial charge in [-0.05, 0) is 56.4 Å². The van der Waals surface area contributed by atoms with Crippen LogP contribution in [0.3, 0.4) is 0 Å². The van der Waals surface area contributed by atoms with Gasteiger partial charge in [-0.15, -0.1) is 0 Å². The number of hydrogen-bond donors (Lipinski definition) is 0. The van der Waals surface area contributed by atoms with Crippen LogP contribution in [0.25, 0.3) is 11.4 Å². The lowest BCUT2D eigenvalue weighted by atomic mass is 9.71. The molecule has 2 aliphatic rings. The van der Waals surface area contributed by atoms with Gasteiger partial charge in [-0.25, -0.2) is 19.9 Å². The van der Waals surface area contributed by atoms with Crippen LogP contribution in [0.4, 0.5) is 5.95 Å². The van der Waals surface area contributed by atoms with Gasteiger partial charge in [0.25, 0.3) is 0 Å². The van der Waals surface area contributed by atoms with E-state index in [9.17, 15) is 10.1 Å². The van der Waals surface area contributed by atoms with E-state index in [4.69, 9.17) is 0 Å². The van der Waals surface area contributed by atoms with E-state index in [1.807, 2.05) is 24.0 Å². The molecule has 172 valence electrons. The van der Waals surface area contributed by atoms with Crippen LogP contribution < -0.4 is 4.90 Å². The predicted octanol–water partition coefficient (Wildman–Crippen LogP) is 3.52. The van der Waals surface area contributed by atoms with Crippen LogP contribution in [0.15, 0.2) is 48.8 Å². The average Bonchev–Trinajstić information content (AvgIpc) is 2.88. The second-order valence-electron chi connectivity index (χ2n) is 9.18. The second kappa shape index (κ2) is 9.18. The molecule has 0 radical (unpaired) electrons. The normalized spacial score (nSPS) is 17.6. The molecule has 2 aromatic heterocycles. The predicted molar refractivity (Wildman–Crippen MR) is 127 cm³/mol. The number of aromatic nitrogens is 4. The van der Waals surface area contributed by atoms with Crippen molar-refractivity contribution in [3.05, 3.63) is 65.7 Å². The summed E-state index contributed by atoms with van der Waals surface area (Å²) in [5.74, 6) is 1.53. The quantitative estimate of drug-likeness (QED) is 0.596. The molecule has 1 amide bonds. The van der Waals surface area contributed by atoms with E-state index in [-0.39, 0.29) is 11.3 Å². The number of amides is 1. The van der Waals surface area contributed by atoms with Gasteiger partial charge >= 0.3 is 0 Å². The number of carbonyl (C=O) groups is 1. The van der Waals surface area contributed by atoms with Gasteiger partial charge in [-0.1, -0.05) is 18.2 Å². The van der Waals surface area contributed by atoms with E-state index in [1.165, 1.54) is 0 Å². The lowest BCUT2D eigenvalue weighted by Crippen LogP contribution is -2.53. The first-order valence-corrected chi connectivity index (χ1v) is 11.7. The molecular weight excluding hydrogens is 426 g/mol. The number of rotatable bonds is 4. The second-order valence-corrected chi connectivity index (χ2v) is 9.18. The summed E-state index contributed by atoms with van der Waals surface area (Å²) in [6.45, 7) is 4.68. The molecular formula is C26H27N7O. The number of hydrogen-bond acceptors (Lipinski definition) is 7. The van der Waals surface area contributed by atoms with Crippen molar-refractivity contribution in [3.8, 4) is 17.5 Å². The Morgan fingerprint density at radius 3 is 2.59 bits per heavy atom. The van der Waals surface area contributed by atoms with Crippen molar-refractivity contribution in [2.45, 2.75) is 39.2 Å². The highest BCUT2D eigenvalue weighted by atomic mass is 16.2. The summed E-state index contributed by atoms with van der Waals surface area (Å²) in [5.41, 5.74) is 2.89. The highest BCUT2D eigenvalue weighted by Crippen LogP contribution is 2.42. The minimum atomic E-state index is -0.323. The van der Waals surface area contributed by atoms with Crippen molar-refractivity contribution in [1.29, 1.82) is 5.26 Å². The average molecular weight is 454 g/mol. The van der Waals surface area contributed by atoms with E-state index in [2.05, 4.69) is 43.0 Å². The fourth-order valence-corrected chi connectivity index (χ4v) is 5.13. The third kappa shape index (κ3) is 4.34. The van der Waals surface area contributed by atoms with Gasteiger partial charge < -0.3 is 9.80 Å². The van der Waals surface area contributed by atoms with Gasteiger partial charge in [0.05, 0.1) is 5.41 Å². The van der Waals surface area contributed by atoms with Crippen molar-refractivity contribution in [3.63, 3.8) is 0 Å². The number of nitrogens with zero attached hydrogens (tertiary/aromatic N) is 7. The Morgan fingerprint density at radius 1 is 1.03 bits per heavy atom. The Bertz CT molecular complexity index is 1230. The standard InChI is InChI=1S/C26H27N7O/c1-19-15-22(17-27)31-25(30-19)32-13-8-26(9-14-32)7-3-12-33(24(26)34)18-20-5-2-6-21(16-20)23-28-10-4-11-29-23/h2,4-6,10-11,15-16H,3,7-9,12-14,18H2,1H3. The van der Waals surface area contributed by atoms with E-state index >= 15 is 0 Å². The Hall–Kier alpha value is -3.86. The molecule has 5 rings (SSSR count). The molecule has 2 fully saturated rings. The summed E-state index contributed by atoms with van der Waals surface area (Å²) in [4.78, 5) is 35.4. The summed E-state index contributed by atoms with van der Waals surface area (Å²) in [6, 6.07) is 13.7. The smallest absolute Gasteiger partial charge is 0.229 e. The van der Waals surface area contributed by atoms with Crippen molar-refractivity contribution >= 4 is 11.9 Å². The minimum absolute atomic E-state index is 0.252. The first-order chi connectivity index (χ1) is 16.6. The third-order valence-electron chi connectivity index (χ3n) is 6.91. The SMILES string of the molecule is Cc1cc(C#N)nc(N2CCC3(CCCN(Cc4cccc(-c5ncccn5)c4)C3=O)CC2)n1. The molecule has 8 heteroatoms. The minimum Gasteiger partial charge on any atom is -0.341 e. The lowest BCUT2D eigenvalue weighted by molar-refractivity contribution is -0.148. The van der Waals surface area contributed by atoms with Gasteiger partial charge in [0.2, 0.25) is 11.9 Å². The summed E-state index contributed by atoms with van der Waals surface area (Å²) < 4.78 is 0. The first kappa shape index (κ1) is 22.0. The molecule has 34 heavy (non-hydrogen) atoms. The molecule has 0 saturated carbocycles. The van der Waals surface area contributed by atoms with Crippen LogP contribution in [0.5, 0.6) is 0 Å². The summed E-state index contributed by atoms with van der Waals surface area (Å²) in [6.07, 6.45) is 6.96. The first-order valence-electron chi connectivity index (χ1n) is 11.7. The number of aryl methyl sites for hydroxylation is 1. The van der Waals surface area contributed by atoms with Crippen molar-refractivity contribution < 1.29 is 4.79 Å². The number of anilines is 1. The lowest BCUT2D eigenvalue weighted by Gasteiger charge is -2.46. The van der Waals surface area contributed by atoms with E-state index in [0.717, 1.165) is 49.0 Å².